The van der Waals surface area contributed by atoms with Gasteiger partial charge >= 0.3 is 6.09 Å². The van der Waals surface area contributed by atoms with Crippen LogP contribution in [0.2, 0.25) is 0 Å². The van der Waals surface area contributed by atoms with Crippen molar-refractivity contribution in [1.29, 1.82) is 0 Å². The second-order valence-corrected chi connectivity index (χ2v) is 2.65. The zero-order valence-corrected chi connectivity index (χ0v) is 7.03. The van der Waals surface area contributed by atoms with Crippen molar-refractivity contribution in [3.8, 4) is 5.75 Å². The maximum atomic E-state index is 10.1. The molecule has 70 valence electrons. The first-order valence-corrected chi connectivity index (χ1v) is 3.93. The Morgan fingerprint density at radius 2 is 2.23 bits per heavy atom. The number of nitrogens with one attached hydrogen (secondary N) is 1. The lowest BCUT2D eigenvalue weighted by Gasteiger charge is -2.01. The van der Waals surface area contributed by atoms with Crippen molar-refractivity contribution in [2.75, 3.05) is 6.54 Å². The summed E-state index contributed by atoms with van der Waals surface area (Å²) in [4.78, 5) is 10.1. The second-order valence-electron chi connectivity index (χ2n) is 2.65. The van der Waals surface area contributed by atoms with E-state index >= 15 is 0 Å². The summed E-state index contributed by atoms with van der Waals surface area (Å²) in [5, 5.41) is 19.6. The molecule has 0 heterocycles. The van der Waals surface area contributed by atoms with Crippen LogP contribution in [0.3, 0.4) is 0 Å². The van der Waals surface area contributed by atoms with Crippen molar-refractivity contribution in [3.05, 3.63) is 29.8 Å². The van der Waals surface area contributed by atoms with Gasteiger partial charge in [-0.25, -0.2) is 4.79 Å². The molecule has 13 heavy (non-hydrogen) atoms. The first-order chi connectivity index (χ1) is 6.18. The van der Waals surface area contributed by atoms with E-state index in [1.54, 1.807) is 18.2 Å². The number of rotatable bonds is 3. The predicted molar refractivity (Wildman–Crippen MR) is 47.8 cm³/mol. The van der Waals surface area contributed by atoms with Gasteiger partial charge < -0.3 is 15.5 Å². The molecule has 1 amide bonds. The smallest absolute Gasteiger partial charge is 0.404 e. The normalized spacial score (nSPS) is 9.54. The molecular weight excluding hydrogens is 170 g/mol. The van der Waals surface area contributed by atoms with E-state index in [4.69, 9.17) is 10.2 Å². The summed E-state index contributed by atoms with van der Waals surface area (Å²) in [6, 6.07) is 6.76. The van der Waals surface area contributed by atoms with E-state index in [1.807, 2.05) is 6.07 Å². The van der Waals surface area contributed by atoms with Crippen LogP contribution in [0.15, 0.2) is 24.3 Å². The molecule has 0 aliphatic heterocycles. The molecule has 0 spiro atoms. The molecule has 3 N–H and O–H groups in total. The van der Waals surface area contributed by atoms with E-state index in [0.29, 0.717) is 13.0 Å². The van der Waals surface area contributed by atoms with Crippen molar-refractivity contribution in [3.63, 3.8) is 0 Å². The fraction of sp³-hybridized carbons (Fsp3) is 0.222. The molecule has 0 aliphatic rings. The summed E-state index contributed by atoms with van der Waals surface area (Å²) >= 11 is 0. The Morgan fingerprint density at radius 1 is 1.46 bits per heavy atom. The van der Waals surface area contributed by atoms with Gasteiger partial charge in [0, 0.05) is 6.54 Å². The summed E-state index contributed by atoms with van der Waals surface area (Å²) in [6.07, 6.45) is -0.444. The van der Waals surface area contributed by atoms with Crippen LogP contribution in [-0.2, 0) is 6.42 Å². The third kappa shape index (κ3) is 3.46. The molecule has 0 saturated carbocycles. The van der Waals surface area contributed by atoms with Crippen LogP contribution in [0.1, 0.15) is 5.56 Å². The first kappa shape index (κ1) is 9.38. The van der Waals surface area contributed by atoms with Crippen LogP contribution in [0.25, 0.3) is 0 Å². The highest BCUT2D eigenvalue weighted by atomic mass is 16.4. The van der Waals surface area contributed by atoms with Gasteiger partial charge in [-0.05, 0) is 24.1 Å². The fourth-order valence-corrected chi connectivity index (χ4v) is 1.03. The lowest BCUT2D eigenvalue weighted by molar-refractivity contribution is 0.194. The Kier molecular flexibility index (Phi) is 3.14. The molecule has 0 unspecified atom stereocenters. The average Bonchev–Trinajstić information content (AvgIpc) is 2.03. The number of amides is 1. The van der Waals surface area contributed by atoms with Crippen LogP contribution >= 0.6 is 0 Å². The van der Waals surface area contributed by atoms with Crippen LogP contribution in [0, 0.1) is 0 Å². The molecule has 0 radical (unpaired) electrons. The van der Waals surface area contributed by atoms with Gasteiger partial charge in [0.2, 0.25) is 0 Å². The Morgan fingerprint density at radius 3 is 2.85 bits per heavy atom. The molecule has 0 aliphatic carbocycles. The maximum absolute atomic E-state index is 10.1. The summed E-state index contributed by atoms with van der Waals surface area (Å²) in [5.41, 5.74) is 0.911. The van der Waals surface area contributed by atoms with Crippen LogP contribution in [0.5, 0.6) is 5.75 Å². The number of phenolic OH excluding ortho intramolecular Hbond substituents is 1. The van der Waals surface area contributed by atoms with E-state index in [9.17, 15) is 4.79 Å². The summed E-state index contributed by atoms with van der Waals surface area (Å²) in [7, 11) is 0. The predicted octanol–water partition coefficient (Wildman–Crippen LogP) is 1.20. The number of aromatic hydroxyl groups is 1. The van der Waals surface area contributed by atoms with E-state index < -0.39 is 6.09 Å². The molecule has 0 aromatic heterocycles. The second kappa shape index (κ2) is 4.35. The van der Waals surface area contributed by atoms with E-state index in [2.05, 4.69) is 5.32 Å². The largest absolute Gasteiger partial charge is 0.508 e. The SMILES string of the molecule is O=C(O)NCCc1cccc(O)c1. The molecule has 0 saturated heterocycles. The van der Waals surface area contributed by atoms with Crippen LogP contribution in [0.4, 0.5) is 4.79 Å². The molecule has 0 atom stereocenters. The number of hydrogen-bond donors (Lipinski definition) is 3. The number of hydrogen-bond acceptors (Lipinski definition) is 2. The number of carboxylic acid groups (broad SMARTS) is 1. The average molecular weight is 181 g/mol. The molecule has 1 aromatic carbocycles. The monoisotopic (exact) mass is 181 g/mol. The van der Waals surface area contributed by atoms with E-state index in [-0.39, 0.29) is 5.75 Å². The van der Waals surface area contributed by atoms with Gasteiger partial charge in [-0.2, -0.15) is 0 Å². The van der Waals surface area contributed by atoms with E-state index in [0.717, 1.165) is 5.56 Å². The van der Waals surface area contributed by atoms with Gasteiger partial charge in [-0.1, -0.05) is 12.1 Å². The van der Waals surface area contributed by atoms with Crippen molar-refractivity contribution in [2.45, 2.75) is 6.42 Å². The molecule has 0 bridgehead atoms. The van der Waals surface area contributed by atoms with Crippen molar-refractivity contribution in [1.82, 2.24) is 5.32 Å². The lowest BCUT2D eigenvalue weighted by Crippen LogP contribution is -2.23. The minimum Gasteiger partial charge on any atom is -0.508 e. The molecular formula is C9H11NO3. The highest BCUT2D eigenvalue weighted by molar-refractivity contribution is 5.64. The van der Waals surface area contributed by atoms with Gasteiger partial charge in [0.25, 0.3) is 0 Å². The van der Waals surface area contributed by atoms with Crippen molar-refractivity contribution in [2.24, 2.45) is 0 Å². The van der Waals surface area contributed by atoms with Gasteiger partial charge in [0.05, 0.1) is 0 Å². The zero-order valence-electron chi connectivity index (χ0n) is 7.03. The van der Waals surface area contributed by atoms with Crippen molar-refractivity contribution < 1.29 is 15.0 Å². The lowest BCUT2D eigenvalue weighted by atomic mass is 10.1. The summed E-state index contributed by atoms with van der Waals surface area (Å²) < 4.78 is 0. The molecule has 4 nitrogen and oxygen atoms in total. The first-order valence-electron chi connectivity index (χ1n) is 3.93. The third-order valence-corrected chi connectivity index (χ3v) is 1.60. The van der Waals surface area contributed by atoms with E-state index in [1.165, 1.54) is 0 Å². The van der Waals surface area contributed by atoms with Gasteiger partial charge in [-0.3, -0.25) is 0 Å². The summed E-state index contributed by atoms with van der Waals surface area (Å²) in [5.74, 6) is 0.202. The number of benzene rings is 1. The van der Waals surface area contributed by atoms with Crippen molar-refractivity contribution >= 4 is 6.09 Å². The number of phenols is 1. The van der Waals surface area contributed by atoms with Crippen LogP contribution in [-0.4, -0.2) is 22.9 Å². The van der Waals surface area contributed by atoms with Gasteiger partial charge in [-0.15, -0.1) is 0 Å². The number of carbonyl (C=O) groups is 1. The Balaban J connectivity index is 2.41. The molecule has 4 heteroatoms. The highest BCUT2D eigenvalue weighted by Crippen LogP contribution is 2.10. The summed E-state index contributed by atoms with van der Waals surface area (Å²) in [6.45, 7) is 0.360. The fourth-order valence-electron chi connectivity index (χ4n) is 1.03. The van der Waals surface area contributed by atoms with Gasteiger partial charge in [0.1, 0.15) is 5.75 Å². The molecule has 1 rings (SSSR count). The molecule has 1 aromatic rings. The Bertz CT molecular complexity index is 299. The minimum atomic E-state index is -1.03. The minimum absolute atomic E-state index is 0.202. The third-order valence-electron chi connectivity index (χ3n) is 1.60. The Labute approximate surface area is 75.8 Å². The van der Waals surface area contributed by atoms with Crippen LogP contribution < -0.4 is 5.32 Å². The zero-order chi connectivity index (χ0) is 9.68. The maximum Gasteiger partial charge on any atom is 0.404 e. The standard InChI is InChI=1S/C9H11NO3/c11-8-3-1-2-7(6-8)4-5-10-9(12)13/h1-3,6,10-11H,4-5H2,(H,12,13). The highest BCUT2D eigenvalue weighted by Gasteiger charge is 1.96. The Hall–Kier alpha value is -1.71. The van der Waals surface area contributed by atoms with Gasteiger partial charge in [0.15, 0.2) is 0 Å². The quantitative estimate of drug-likeness (QED) is 0.656. The molecule has 0 fully saturated rings. The topological polar surface area (TPSA) is 69.6 Å².